The molecule has 3 rings (SSSR count). The molecule has 0 aromatic heterocycles. The highest BCUT2D eigenvalue weighted by Crippen LogP contribution is 2.24. The molecule has 1 amide bonds. The average Bonchev–Trinajstić information content (AvgIpc) is 2.81. The molecule has 180 valence electrons. The van der Waals surface area contributed by atoms with Gasteiger partial charge in [0.1, 0.15) is 0 Å². The summed E-state index contributed by atoms with van der Waals surface area (Å²) in [7, 11) is -7.33. The van der Waals surface area contributed by atoms with E-state index in [9.17, 15) is 21.6 Å². The fraction of sp³-hybridized carbons (Fsp3) is 0.409. The minimum absolute atomic E-state index is 0.0963. The normalized spacial score (nSPS) is 15.5. The Balaban J connectivity index is 1.80. The molecule has 0 bridgehead atoms. The van der Waals surface area contributed by atoms with Crippen LogP contribution in [0.3, 0.4) is 0 Å². The van der Waals surface area contributed by atoms with E-state index in [0.717, 1.165) is 0 Å². The van der Waals surface area contributed by atoms with E-state index in [0.29, 0.717) is 37.6 Å². The molecule has 0 unspecified atom stereocenters. The lowest BCUT2D eigenvalue weighted by Gasteiger charge is -2.26. The van der Waals surface area contributed by atoms with E-state index in [4.69, 9.17) is 4.74 Å². The molecule has 1 heterocycles. The van der Waals surface area contributed by atoms with Crippen LogP contribution in [0.4, 0.5) is 5.69 Å². The van der Waals surface area contributed by atoms with Crippen LogP contribution < -0.4 is 5.32 Å². The summed E-state index contributed by atoms with van der Waals surface area (Å²) in [5.41, 5.74) is 1.33. The van der Waals surface area contributed by atoms with Crippen LogP contribution in [0.2, 0.25) is 0 Å². The fourth-order valence-corrected chi connectivity index (χ4v) is 6.41. The SMILES string of the molecule is CCN(CC)S(=O)(=O)c1ccc(C)c(NC(=O)c2ccc(S(=O)(=O)N3CCOCC3)cc2)c1. The molecule has 1 fully saturated rings. The smallest absolute Gasteiger partial charge is 0.255 e. The third kappa shape index (κ3) is 5.44. The zero-order chi connectivity index (χ0) is 24.2. The van der Waals surface area contributed by atoms with E-state index >= 15 is 0 Å². The molecule has 0 spiro atoms. The predicted octanol–water partition coefficient (Wildman–Crippen LogP) is 2.30. The van der Waals surface area contributed by atoms with Crippen LogP contribution in [0, 0.1) is 6.92 Å². The number of carbonyl (C=O) groups excluding carboxylic acids is 1. The Kier molecular flexibility index (Phi) is 7.91. The third-order valence-electron chi connectivity index (χ3n) is 5.52. The molecule has 2 aromatic carbocycles. The summed E-state index contributed by atoms with van der Waals surface area (Å²) in [5.74, 6) is -0.467. The first-order valence-electron chi connectivity index (χ1n) is 10.7. The van der Waals surface area contributed by atoms with E-state index in [1.807, 2.05) is 0 Å². The molecule has 2 aromatic rings. The topological polar surface area (TPSA) is 113 Å². The van der Waals surface area contributed by atoms with E-state index < -0.39 is 26.0 Å². The van der Waals surface area contributed by atoms with Crippen LogP contribution in [-0.4, -0.2) is 70.7 Å². The number of amides is 1. The molecule has 1 aliphatic rings. The average molecular weight is 496 g/mol. The van der Waals surface area contributed by atoms with E-state index in [-0.39, 0.29) is 28.4 Å². The number of hydrogen-bond acceptors (Lipinski definition) is 6. The van der Waals surface area contributed by atoms with Gasteiger partial charge in [-0.15, -0.1) is 0 Å². The highest BCUT2D eigenvalue weighted by Gasteiger charge is 2.26. The summed E-state index contributed by atoms with van der Waals surface area (Å²) in [5, 5.41) is 2.74. The van der Waals surface area contributed by atoms with Crippen LogP contribution >= 0.6 is 0 Å². The van der Waals surface area contributed by atoms with Crippen molar-refractivity contribution in [1.29, 1.82) is 0 Å². The second-order valence-electron chi connectivity index (χ2n) is 7.56. The van der Waals surface area contributed by atoms with E-state index in [1.165, 1.54) is 45.0 Å². The molecule has 11 heteroatoms. The summed E-state index contributed by atoms with van der Waals surface area (Å²) in [6.07, 6.45) is 0. The van der Waals surface area contributed by atoms with Crippen molar-refractivity contribution < 1.29 is 26.4 Å². The second-order valence-corrected chi connectivity index (χ2v) is 11.4. The van der Waals surface area contributed by atoms with Gasteiger partial charge in [0.25, 0.3) is 5.91 Å². The Hall–Kier alpha value is -2.31. The van der Waals surface area contributed by atoms with Crippen LogP contribution in [0.1, 0.15) is 29.8 Å². The third-order valence-corrected chi connectivity index (χ3v) is 9.48. The van der Waals surface area contributed by atoms with Gasteiger partial charge < -0.3 is 10.1 Å². The van der Waals surface area contributed by atoms with Gasteiger partial charge in [0.2, 0.25) is 20.0 Å². The maximum atomic E-state index is 12.8. The highest BCUT2D eigenvalue weighted by molar-refractivity contribution is 7.89. The number of benzene rings is 2. The number of rotatable bonds is 8. The molecular formula is C22H29N3O6S2. The number of nitrogens with zero attached hydrogens (tertiary/aromatic N) is 2. The van der Waals surface area contributed by atoms with Crippen molar-refractivity contribution in [2.75, 3.05) is 44.7 Å². The van der Waals surface area contributed by atoms with Crippen LogP contribution in [-0.2, 0) is 24.8 Å². The number of aryl methyl sites for hydroxylation is 1. The van der Waals surface area contributed by atoms with Crippen molar-refractivity contribution >= 4 is 31.6 Å². The van der Waals surface area contributed by atoms with E-state index in [1.54, 1.807) is 26.8 Å². The van der Waals surface area contributed by atoms with Crippen molar-refractivity contribution in [2.24, 2.45) is 0 Å². The van der Waals surface area contributed by atoms with Gasteiger partial charge in [-0.05, 0) is 48.9 Å². The lowest BCUT2D eigenvalue weighted by atomic mass is 10.1. The van der Waals surface area contributed by atoms with Gasteiger partial charge in [-0.2, -0.15) is 8.61 Å². The van der Waals surface area contributed by atoms with Gasteiger partial charge in [0.15, 0.2) is 0 Å². The minimum Gasteiger partial charge on any atom is -0.379 e. The molecule has 1 N–H and O–H groups in total. The van der Waals surface area contributed by atoms with Gasteiger partial charge >= 0.3 is 0 Å². The summed E-state index contributed by atoms with van der Waals surface area (Å²) in [6.45, 7) is 7.25. The first-order valence-corrected chi connectivity index (χ1v) is 13.6. The van der Waals surface area contributed by atoms with Crippen molar-refractivity contribution in [3.63, 3.8) is 0 Å². The number of nitrogens with one attached hydrogen (secondary N) is 1. The monoisotopic (exact) mass is 495 g/mol. The summed E-state index contributed by atoms with van der Waals surface area (Å²) in [6, 6.07) is 10.3. The molecule has 0 radical (unpaired) electrons. The predicted molar refractivity (Wildman–Crippen MR) is 125 cm³/mol. The zero-order valence-corrected chi connectivity index (χ0v) is 20.6. The Morgan fingerprint density at radius 1 is 0.970 bits per heavy atom. The van der Waals surface area contributed by atoms with Crippen molar-refractivity contribution in [2.45, 2.75) is 30.6 Å². The molecule has 0 saturated carbocycles. The maximum absolute atomic E-state index is 12.8. The summed E-state index contributed by atoms with van der Waals surface area (Å²) < 4.78 is 59.0. The van der Waals surface area contributed by atoms with Crippen LogP contribution in [0.15, 0.2) is 52.3 Å². The van der Waals surface area contributed by atoms with Gasteiger partial charge in [-0.25, -0.2) is 16.8 Å². The van der Waals surface area contributed by atoms with Crippen molar-refractivity contribution in [1.82, 2.24) is 8.61 Å². The number of sulfonamides is 2. The Labute approximate surface area is 195 Å². The summed E-state index contributed by atoms with van der Waals surface area (Å²) >= 11 is 0. The minimum atomic E-state index is -3.67. The van der Waals surface area contributed by atoms with E-state index in [2.05, 4.69) is 5.32 Å². The first-order chi connectivity index (χ1) is 15.6. The Bertz CT molecular complexity index is 1200. The Morgan fingerprint density at radius 3 is 2.12 bits per heavy atom. The van der Waals surface area contributed by atoms with Crippen LogP contribution in [0.25, 0.3) is 0 Å². The molecule has 33 heavy (non-hydrogen) atoms. The second kappa shape index (κ2) is 10.3. The lowest BCUT2D eigenvalue weighted by molar-refractivity contribution is 0.0730. The highest BCUT2D eigenvalue weighted by atomic mass is 32.2. The standard InChI is InChI=1S/C22H29N3O6S2/c1-4-24(5-2)33(29,30)20-9-6-17(3)21(16-20)23-22(26)18-7-10-19(11-8-18)32(27,28)25-12-14-31-15-13-25/h6-11,16H,4-5,12-15H2,1-3H3,(H,23,26). The van der Waals surface area contributed by atoms with Crippen molar-refractivity contribution in [3.05, 3.63) is 53.6 Å². The number of hydrogen-bond donors (Lipinski definition) is 1. The van der Waals surface area contributed by atoms with Gasteiger partial charge in [-0.3, -0.25) is 4.79 Å². The van der Waals surface area contributed by atoms with Gasteiger partial charge in [-0.1, -0.05) is 19.9 Å². The molecular weight excluding hydrogens is 466 g/mol. The fourth-order valence-electron chi connectivity index (χ4n) is 3.52. The first kappa shape index (κ1) is 25.3. The largest absolute Gasteiger partial charge is 0.379 e. The van der Waals surface area contributed by atoms with Crippen LogP contribution in [0.5, 0.6) is 0 Å². The number of ether oxygens (including phenoxy) is 1. The van der Waals surface area contributed by atoms with Gasteiger partial charge in [0.05, 0.1) is 23.0 Å². The number of morpholine rings is 1. The quantitative estimate of drug-likeness (QED) is 0.601. The van der Waals surface area contributed by atoms with Gasteiger partial charge in [0, 0.05) is 37.4 Å². The Morgan fingerprint density at radius 2 is 1.55 bits per heavy atom. The molecule has 1 saturated heterocycles. The maximum Gasteiger partial charge on any atom is 0.255 e. The lowest BCUT2D eigenvalue weighted by Crippen LogP contribution is -2.40. The molecule has 0 atom stereocenters. The van der Waals surface area contributed by atoms with Crippen molar-refractivity contribution in [3.8, 4) is 0 Å². The molecule has 0 aliphatic carbocycles. The number of carbonyl (C=O) groups is 1. The number of anilines is 1. The molecule has 1 aliphatic heterocycles. The summed E-state index contributed by atoms with van der Waals surface area (Å²) in [4.78, 5) is 13.0. The molecule has 9 nitrogen and oxygen atoms in total. The zero-order valence-electron chi connectivity index (χ0n) is 18.9.